The smallest absolute Gasteiger partial charge is 0.147 e. The van der Waals surface area contributed by atoms with E-state index in [1.165, 1.54) is 0 Å². The van der Waals surface area contributed by atoms with Crippen molar-refractivity contribution in [2.24, 2.45) is 5.92 Å². The molecule has 0 bridgehead atoms. The van der Waals surface area contributed by atoms with E-state index in [2.05, 4.69) is 44.4 Å². The van der Waals surface area contributed by atoms with Crippen LogP contribution in [0.4, 0.5) is 5.82 Å². The van der Waals surface area contributed by atoms with Gasteiger partial charge in [0.2, 0.25) is 0 Å². The third kappa shape index (κ3) is 5.06. The molecule has 0 aliphatic carbocycles. The highest BCUT2D eigenvalue weighted by Gasteiger charge is 2.07. The van der Waals surface area contributed by atoms with Crippen LogP contribution in [0.3, 0.4) is 0 Å². The maximum atomic E-state index is 4.65. The van der Waals surface area contributed by atoms with Crippen molar-refractivity contribution in [2.75, 3.05) is 18.5 Å². The molecular formula is C15H23N5S. The molecule has 21 heavy (non-hydrogen) atoms. The van der Waals surface area contributed by atoms with Gasteiger partial charge in [-0.1, -0.05) is 13.8 Å². The van der Waals surface area contributed by atoms with Gasteiger partial charge in [-0.2, -0.15) is 0 Å². The van der Waals surface area contributed by atoms with Gasteiger partial charge in [0.25, 0.3) is 0 Å². The van der Waals surface area contributed by atoms with Crippen molar-refractivity contribution in [3.8, 4) is 0 Å². The summed E-state index contributed by atoms with van der Waals surface area (Å²) in [5, 5.41) is 6.57. The highest BCUT2D eigenvalue weighted by atomic mass is 32.1. The second-order valence-corrected chi connectivity index (χ2v) is 6.67. The van der Waals surface area contributed by atoms with Gasteiger partial charge >= 0.3 is 0 Å². The van der Waals surface area contributed by atoms with E-state index in [1.807, 2.05) is 20.2 Å². The zero-order valence-corrected chi connectivity index (χ0v) is 13.9. The lowest BCUT2D eigenvalue weighted by Crippen LogP contribution is -2.22. The van der Waals surface area contributed by atoms with E-state index in [0.717, 1.165) is 41.8 Å². The SMILES string of the molecule is Cc1nc(CN(C)c2cncc(CNCC(C)C)n2)cs1. The Hall–Kier alpha value is -1.53. The molecule has 0 atom stereocenters. The van der Waals surface area contributed by atoms with Gasteiger partial charge in [0, 0.05) is 25.2 Å². The summed E-state index contributed by atoms with van der Waals surface area (Å²) in [5.41, 5.74) is 2.04. The van der Waals surface area contributed by atoms with Gasteiger partial charge in [-0.25, -0.2) is 9.97 Å². The Bertz CT molecular complexity index is 567. The Morgan fingerprint density at radius 1 is 1.24 bits per heavy atom. The number of thiazole rings is 1. The van der Waals surface area contributed by atoms with Crippen molar-refractivity contribution >= 4 is 17.2 Å². The predicted molar refractivity (Wildman–Crippen MR) is 87.5 cm³/mol. The summed E-state index contributed by atoms with van der Waals surface area (Å²) in [5.74, 6) is 1.52. The Balaban J connectivity index is 1.95. The molecule has 0 aromatic carbocycles. The molecule has 114 valence electrons. The van der Waals surface area contributed by atoms with Crippen LogP contribution in [-0.4, -0.2) is 28.5 Å². The molecule has 0 spiro atoms. The lowest BCUT2D eigenvalue weighted by atomic mass is 10.2. The van der Waals surface area contributed by atoms with E-state index in [-0.39, 0.29) is 0 Å². The van der Waals surface area contributed by atoms with E-state index >= 15 is 0 Å². The molecule has 0 unspecified atom stereocenters. The molecule has 0 radical (unpaired) electrons. The van der Waals surface area contributed by atoms with Gasteiger partial charge < -0.3 is 10.2 Å². The Kier molecular flexibility index (Phi) is 5.64. The minimum absolute atomic E-state index is 0.636. The lowest BCUT2D eigenvalue weighted by molar-refractivity contribution is 0.547. The summed E-state index contributed by atoms with van der Waals surface area (Å²) in [6, 6.07) is 0. The molecule has 2 aromatic heterocycles. The zero-order chi connectivity index (χ0) is 15.2. The minimum atomic E-state index is 0.636. The van der Waals surface area contributed by atoms with Crippen molar-refractivity contribution in [2.45, 2.75) is 33.9 Å². The Morgan fingerprint density at radius 3 is 2.71 bits per heavy atom. The number of rotatable bonds is 7. The fraction of sp³-hybridized carbons (Fsp3) is 0.533. The minimum Gasteiger partial charge on any atom is -0.352 e. The van der Waals surface area contributed by atoms with Gasteiger partial charge in [-0.15, -0.1) is 11.3 Å². The first-order valence-electron chi connectivity index (χ1n) is 7.18. The molecule has 0 fully saturated rings. The molecule has 0 aliphatic heterocycles. The molecule has 0 saturated carbocycles. The fourth-order valence-electron chi connectivity index (χ4n) is 1.96. The first-order valence-corrected chi connectivity index (χ1v) is 8.06. The first-order chi connectivity index (χ1) is 10.0. The quantitative estimate of drug-likeness (QED) is 0.852. The van der Waals surface area contributed by atoms with Crippen LogP contribution < -0.4 is 10.2 Å². The van der Waals surface area contributed by atoms with Crippen LogP contribution in [0, 0.1) is 12.8 Å². The Labute approximate surface area is 130 Å². The largest absolute Gasteiger partial charge is 0.352 e. The molecule has 2 aromatic rings. The van der Waals surface area contributed by atoms with Crippen molar-refractivity contribution in [3.63, 3.8) is 0 Å². The van der Waals surface area contributed by atoms with Gasteiger partial charge in [0.1, 0.15) is 5.82 Å². The van der Waals surface area contributed by atoms with Crippen LogP contribution in [0.25, 0.3) is 0 Å². The maximum Gasteiger partial charge on any atom is 0.147 e. The lowest BCUT2D eigenvalue weighted by Gasteiger charge is -2.17. The van der Waals surface area contributed by atoms with E-state index in [1.54, 1.807) is 17.5 Å². The molecule has 2 rings (SSSR count). The average molecular weight is 305 g/mol. The maximum absolute atomic E-state index is 4.65. The molecule has 2 heterocycles. The van der Waals surface area contributed by atoms with E-state index in [4.69, 9.17) is 0 Å². The highest BCUT2D eigenvalue weighted by Crippen LogP contribution is 2.14. The number of aryl methyl sites for hydroxylation is 1. The summed E-state index contributed by atoms with van der Waals surface area (Å²) in [4.78, 5) is 15.5. The van der Waals surface area contributed by atoms with E-state index < -0.39 is 0 Å². The number of aromatic nitrogens is 3. The van der Waals surface area contributed by atoms with Crippen LogP contribution in [-0.2, 0) is 13.1 Å². The summed E-state index contributed by atoms with van der Waals surface area (Å²) in [7, 11) is 2.02. The topological polar surface area (TPSA) is 53.9 Å². The first kappa shape index (κ1) is 15.9. The van der Waals surface area contributed by atoms with Crippen LogP contribution >= 0.6 is 11.3 Å². The third-order valence-electron chi connectivity index (χ3n) is 2.99. The predicted octanol–water partition coefficient (Wildman–Crippen LogP) is 2.62. The summed E-state index contributed by atoms with van der Waals surface area (Å²) >= 11 is 1.67. The highest BCUT2D eigenvalue weighted by molar-refractivity contribution is 7.09. The van der Waals surface area contributed by atoms with E-state index in [9.17, 15) is 0 Å². The molecule has 6 heteroatoms. The standard InChI is InChI=1S/C15H23N5S/c1-11(2)5-16-6-13-7-17-8-15(19-13)20(4)9-14-10-21-12(3)18-14/h7-8,10-11,16H,5-6,9H2,1-4H3. The third-order valence-corrected chi connectivity index (χ3v) is 3.81. The monoisotopic (exact) mass is 305 g/mol. The van der Waals surface area contributed by atoms with Crippen molar-refractivity contribution < 1.29 is 0 Å². The van der Waals surface area contributed by atoms with Crippen LogP contribution in [0.1, 0.15) is 30.2 Å². The number of hydrogen-bond donors (Lipinski definition) is 1. The van der Waals surface area contributed by atoms with Crippen molar-refractivity contribution in [1.29, 1.82) is 0 Å². The van der Waals surface area contributed by atoms with Gasteiger partial charge in [-0.3, -0.25) is 4.98 Å². The number of anilines is 1. The summed E-state index contributed by atoms with van der Waals surface area (Å²) in [6.07, 6.45) is 3.61. The average Bonchev–Trinajstić information content (AvgIpc) is 2.84. The Morgan fingerprint density at radius 2 is 2.05 bits per heavy atom. The van der Waals surface area contributed by atoms with Gasteiger partial charge in [0.15, 0.2) is 0 Å². The van der Waals surface area contributed by atoms with Crippen LogP contribution in [0.5, 0.6) is 0 Å². The van der Waals surface area contributed by atoms with Gasteiger partial charge in [-0.05, 0) is 19.4 Å². The van der Waals surface area contributed by atoms with Gasteiger partial charge in [0.05, 0.1) is 29.1 Å². The second-order valence-electron chi connectivity index (χ2n) is 5.61. The number of hydrogen-bond acceptors (Lipinski definition) is 6. The molecule has 0 amide bonds. The summed E-state index contributed by atoms with van der Waals surface area (Å²) < 4.78 is 0. The summed E-state index contributed by atoms with van der Waals surface area (Å²) in [6.45, 7) is 8.90. The molecule has 1 N–H and O–H groups in total. The fourth-order valence-corrected chi connectivity index (χ4v) is 2.56. The van der Waals surface area contributed by atoms with Crippen LogP contribution in [0.15, 0.2) is 17.8 Å². The zero-order valence-electron chi connectivity index (χ0n) is 13.1. The number of nitrogens with zero attached hydrogens (tertiary/aromatic N) is 4. The van der Waals surface area contributed by atoms with Crippen molar-refractivity contribution in [1.82, 2.24) is 20.3 Å². The van der Waals surface area contributed by atoms with Crippen molar-refractivity contribution in [3.05, 3.63) is 34.2 Å². The molecular weight excluding hydrogens is 282 g/mol. The molecule has 5 nitrogen and oxygen atoms in total. The molecule has 0 saturated heterocycles. The number of nitrogens with one attached hydrogen (secondary N) is 1. The van der Waals surface area contributed by atoms with Crippen LogP contribution in [0.2, 0.25) is 0 Å². The second kappa shape index (κ2) is 7.47. The van der Waals surface area contributed by atoms with E-state index in [0.29, 0.717) is 5.92 Å². The normalized spacial score (nSPS) is 11.1. The molecule has 0 aliphatic rings.